The standard InChI is InChI=1S/C22H28ClFN2O4S/c1-16(2)30-13-5-12-25-22(27)15-26(14-19-20(23)6-4-7-21(19)24)31(28,29)18-10-8-17(3)9-11-18/h4,6-11,16H,5,12-15H2,1-3H3,(H,25,27). The summed E-state index contributed by atoms with van der Waals surface area (Å²) in [5.41, 5.74) is 0.905. The van der Waals surface area contributed by atoms with Gasteiger partial charge in [0.15, 0.2) is 0 Å². The Morgan fingerprint density at radius 1 is 1.19 bits per heavy atom. The highest BCUT2D eigenvalue weighted by atomic mass is 35.5. The largest absolute Gasteiger partial charge is 0.379 e. The first kappa shape index (κ1) is 25.3. The van der Waals surface area contributed by atoms with Crippen LogP contribution in [0.2, 0.25) is 5.02 Å². The summed E-state index contributed by atoms with van der Waals surface area (Å²) in [6.07, 6.45) is 0.685. The number of ether oxygens (including phenoxy) is 1. The van der Waals surface area contributed by atoms with Crippen molar-refractivity contribution in [2.45, 2.75) is 44.7 Å². The molecule has 31 heavy (non-hydrogen) atoms. The molecule has 0 saturated carbocycles. The molecule has 0 aliphatic heterocycles. The second kappa shape index (κ2) is 11.6. The normalized spacial score (nSPS) is 11.8. The number of carbonyl (C=O) groups excluding carboxylic acids is 1. The predicted octanol–water partition coefficient (Wildman–Crippen LogP) is 3.91. The van der Waals surface area contributed by atoms with E-state index in [1.54, 1.807) is 12.1 Å². The van der Waals surface area contributed by atoms with Crippen molar-refractivity contribution in [3.63, 3.8) is 0 Å². The van der Waals surface area contributed by atoms with Crippen molar-refractivity contribution >= 4 is 27.5 Å². The van der Waals surface area contributed by atoms with Crippen LogP contribution in [-0.4, -0.2) is 44.4 Å². The summed E-state index contributed by atoms with van der Waals surface area (Å²) in [7, 11) is -4.07. The Kier molecular flexibility index (Phi) is 9.43. The number of hydrogen-bond donors (Lipinski definition) is 1. The van der Waals surface area contributed by atoms with E-state index in [1.165, 1.54) is 30.3 Å². The van der Waals surface area contributed by atoms with Gasteiger partial charge in [0.05, 0.1) is 17.5 Å². The number of halogens is 2. The Morgan fingerprint density at radius 3 is 2.48 bits per heavy atom. The molecular formula is C22H28ClFN2O4S. The maximum absolute atomic E-state index is 14.3. The summed E-state index contributed by atoms with van der Waals surface area (Å²) < 4.78 is 47.1. The molecule has 0 unspecified atom stereocenters. The lowest BCUT2D eigenvalue weighted by atomic mass is 10.2. The second-order valence-electron chi connectivity index (χ2n) is 7.41. The van der Waals surface area contributed by atoms with Gasteiger partial charge in [0.1, 0.15) is 5.82 Å². The van der Waals surface area contributed by atoms with E-state index in [9.17, 15) is 17.6 Å². The van der Waals surface area contributed by atoms with Crippen molar-refractivity contribution in [1.29, 1.82) is 0 Å². The highest BCUT2D eigenvalue weighted by Gasteiger charge is 2.28. The van der Waals surface area contributed by atoms with Gasteiger partial charge in [0, 0.05) is 30.3 Å². The summed E-state index contributed by atoms with van der Waals surface area (Å²) in [5.74, 6) is -1.13. The summed E-state index contributed by atoms with van der Waals surface area (Å²) >= 11 is 6.09. The van der Waals surface area contributed by atoms with E-state index in [0.29, 0.717) is 19.6 Å². The number of hydrogen-bond acceptors (Lipinski definition) is 4. The van der Waals surface area contributed by atoms with E-state index in [0.717, 1.165) is 9.87 Å². The second-order valence-corrected chi connectivity index (χ2v) is 9.75. The lowest BCUT2D eigenvalue weighted by Gasteiger charge is -2.23. The molecular weight excluding hydrogens is 443 g/mol. The van der Waals surface area contributed by atoms with Gasteiger partial charge in [-0.2, -0.15) is 4.31 Å². The number of rotatable bonds is 11. The fourth-order valence-corrected chi connectivity index (χ4v) is 4.37. The van der Waals surface area contributed by atoms with Gasteiger partial charge in [-0.1, -0.05) is 35.4 Å². The third-order valence-corrected chi connectivity index (χ3v) is 6.63. The molecule has 9 heteroatoms. The molecule has 0 heterocycles. The molecule has 0 fully saturated rings. The van der Waals surface area contributed by atoms with Gasteiger partial charge in [-0.15, -0.1) is 0 Å². The molecule has 0 spiro atoms. The van der Waals surface area contributed by atoms with Crippen molar-refractivity contribution in [2.75, 3.05) is 19.7 Å². The zero-order valence-corrected chi connectivity index (χ0v) is 19.5. The third-order valence-electron chi connectivity index (χ3n) is 4.47. The topological polar surface area (TPSA) is 75.7 Å². The first-order chi connectivity index (χ1) is 14.6. The van der Waals surface area contributed by atoms with E-state index >= 15 is 0 Å². The van der Waals surface area contributed by atoms with Crippen LogP contribution in [0.4, 0.5) is 4.39 Å². The maximum Gasteiger partial charge on any atom is 0.243 e. The average Bonchev–Trinajstić information content (AvgIpc) is 2.69. The first-order valence-electron chi connectivity index (χ1n) is 9.99. The summed E-state index contributed by atoms with van der Waals surface area (Å²) in [5, 5.41) is 2.78. The van der Waals surface area contributed by atoms with Crippen LogP contribution >= 0.6 is 11.6 Å². The van der Waals surface area contributed by atoms with Crippen molar-refractivity contribution in [3.8, 4) is 0 Å². The number of nitrogens with zero attached hydrogens (tertiary/aromatic N) is 1. The van der Waals surface area contributed by atoms with Crippen LogP contribution in [0.5, 0.6) is 0 Å². The number of amides is 1. The minimum atomic E-state index is -4.07. The minimum Gasteiger partial charge on any atom is -0.379 e. The third kappa shape index (κ3) is 7.57. The summed E-state index contributed by atoms with van der Waals surface area (Å²) in [4.78, 5) is 12.5. The molecule has 1 amide bonds. The predicted molar refractivity (Wildman–Crippen MR) is 119 cm³/mol. The molecule has 0 radical (unpaired) electrons. The highest BCUT2D eigenvalue weighted by Crippen LogP contribution is 2.24. The van der Waals surface area contributed by atoms with Crippen LogP contribution < -0.4 is 5.32 Å². The lowest BCUT2D eigenvalue weighted by Crippen LogP contribution is -2.41. The van der Waals surface area contributed by atoms with Crippen molar-refractivity contribution < 1.29 is 22.3 Å². The molecule has 6 nitrogen and oxygen atoms in total. The Labute approximate surface area is 188 Å². The van der Waals surface area contributed by atoms with E-state index in [4.69, 9.17) is 16.3 Å². The molecule has 0 aromatic heterocycles. The monoisotopic (exact) mass is 470 g/mol. The fourth-order valence-electron chi connectivity index (χ4n) is 2.78. The summed E-state index contributed by atoms with van der Waals surface area (Å²) in [6, 6.07) is 10.4. The number of carbonyl (C=O) groups is 1. The first-order valence-corrected chi connectivity index (χ1v) is 11.8. The quantitative estimate of drug-likeness (QED) is 0.505. The highest BCUT2D eigenvalue weighted by molar-refractivity contribution is 7.89. The van der Waals surface area contributed by atoms with E-state index in [1.807, 2.05) is 20.8 Å². The van der Waals surface area contributed by atoms with Crippen LogP contribution in [0.15, 0.2) is 47.4 Å². The van der Waals surface area contributed by atoms with Gasteiger partial charge in [-0.05, 0) is 51.5 Å². The molecule has 2 aromatic carbocycles. The molecule has 170 valence electrons. The van der Waals surface area contributed by atoms with Gasteiger partial charge in [-0.25, -0.2) is 12.8 Å². The van der Waals surface area contributed by atoms with Gasteiger partial charge in [0.25, 0.3) is 0 Å². The zero-order chi connectivity index (χ0) is 23.0. The molecule has 0 bridgehead atoms. The van der Waals surface area contributed by atoms with Gasteiger partial charge in [-0.3, -0.25) is 4.79 Å². The van der Waals surface area contributed by atoms with Crippen molar-refractivity contribution in [3.05, 3.63) is 64.4 Å². The fraction of sp³-hybridized carbons (Fsp3) is 0.409. The number of nitrogens with one attached hydrogen (secondary N) is 1. The Hall–Kier alpha value is -2.00. The average molecular weight is 471 g/mol. The van der Waals surface area contributed by atoms with Crippen LogP contribution in [0.1, 0.15) is 31.4 Å². The molecule has 1 N–H and O–H groups in total. The van der Waals surface area contributed by atoms with Crippen LogP contribution in [0.25, 0.3) is 0 Å². The number of sulfonamides is 1. The number of benzene rings is 2. The molecule has 2 aromatic rings. The minimum absolute atomic E-state index is 0.0120. The van der Waals surface area contributed by atoms with E-state index in [2.05, 4.69) is 5.32 Å². The van der Waals surface area contributed by atoms with Crippen LogP contribution in [0, 0.1) is 12.7 Å². The molecule has 0 atom stereocenters. The molecule has 0 aliphatic rings. The van der Waals surface area contributed by atoms with Crippen molar-refractivity contribution in [1.82, 2.24) is 9.62 Å². The summed E-state index contributed by atoms with van der Waals surface area (Å²) in [6.45, 7) is 5.65. The SMILES string of the molecule is Cc1ccc(S(=O)(=O)N(CC(=O)NCCCOC(C)C)Cc2c(F)cccc2Cl)cc1. The lowest BCUT2D eigenvalue weighted by molar-refractivity contribution is -0.121. The van der Waals surface area contributed by atoms with E-state index < -0.39 is 28.3 Å². The van der Waals surface area contributed by atoms with Crippen LogP contribution in [-0.2, 0) is 26.1 Å². The van der Waals surface area contributed by atoms with E-state index in [-0.39, 0.29) is 28.1 Å². The Balaban J connectivity index is 2.20. The van der Waals surface area contributed by atoms with Crippen LogP contribution in [0.3, 0.4) is 0 Å². The zero-order valence-electron chi connectivity index (χ0n) is 17.9. The van der Waals surface area contributed by atoms with Gasteiger partial charge < -0.3 is 10.1 Å². The molecule has 0 saturated heterocycles. The van der Waals surface area contributed by atoms with Gasteiger partial charge in [0.2, 0.25) is 15.9 Å². The van der Waals surface area contributed by atoms with Gasteiger partial charge >= 0.3 is 0 Å². The smallest absolute Gasteiger partial charge is 0.243 e. The Bertz CT molecular complexity index is 961. The molecule has 0 aliphatic carbocycles. The maximum atomic E-state index is 14.3. The van der Waals surface area contributed by atoms with Crippen molar-refractivity contribution in [2.24, 2.45) is 0 Å². The number of aryl methyl sites for hydroxylation is 1. The molecule has 2 rings (SSSR count). The Morgan fingerprint density at radius 2 is 1.87 bits per heavy atom.